The van der Waals surface area contributed by atoms with Crippen LogP contribution in [-0.4, -0.2) is 40.9 Å². The second-order valence-corrected chi connectivity index (χ2v) is 6.78. The van der Waals surface area contributed by atoms with Gasteiger partial charge in [0.05, 0.1) is 12.6 Å². The van der Waals surface area contributed by atoms with Crippen LogP contribution in [0.25, 0.3) is 0 Å². The Balaban J connectivity index is 1.53. The Hall–Kier alpha value is -2.34. The zero-order chi connectivity index (χ0) is 17.2. The van der Waals surface area contributed by atoms with Crippen molar-refractivity contribution < 1.29 is 9.53 Å². The van der Waals surface area contributed by atoms with Crippen molar-refractivity contribution >= 4 is 28.8 Å². The summed E-state index contributed by atoms with van der Waals surface area (Å²) in [5.41, 5.74) is 1.08. The molecule has 1 aromatic rings. The number of aliphatic imine (C=N–C) groups is 2. The Kier molecular flexibility index (Phi) is 4.44. The standard InChI is InChI=1S/C18H19ClN4O2/c19-15-8-9-16(23-14(13-6-7-13)11-25-18(23)24)22-17(21-15)20-10-12-4-2-1-3-5-12/h1-5,8-9,13-14,16H,6-7,10-11H2,(H,20,22). The van der Waals surface area contributed by atoms with E-state index < -0.39 is 0 Å². The number of hydrogen-bond donors (Lipinski definition) is 1. The van der Waals surface area contributed by atoms with E-state index in [1.54, 1.807) is 11.0 Å². The van der Waals surface area contributed by atoms with Crippen LogP contribution in [0, 0.1) is 5.92 Å². The van der Waals surface area contributed by atoms with Gasteiger partial charge in [0.25, 0.3) is 0 Å². The summed E-state index contributed by atoms with van der Waals surface area (Å²) in [6, 6.07) is 10.0. The molecular formula is C18H19ClN4O2. The van der Waals surface area contributed by atoms with Crippen molar-refractivity contribution in [1.82, 2.24) is 10.2 Å². The topological polar surface area (TPSA) is 66.3 Å². The van der Waals surface area contributed by atoms with Crippen molar-refractivity contribution in [3.63, 3.8) is 0 Å². The number of hydrogen-bond acceptors (Lipinski definition) is 3. The van der Waals surface area contributed by atoms with E-state index in [4.69, 9.17) is 16.3 Å². The van der Waals surface area contributed by atoms with E-state index in [0.717, 1.165) is 18.4 Å². The molecule has 1 aromatic carbocycles. The molecule has 6 nitrogen and oxygen atoms in total. The predicted octanol–water partition coefficient (Wildman–Crippen LogP) is 2.90. The third-order valence-corrected chi connectivity index (χ3v) is 4.78. The molecule has 3 aliphatic rings. The molecular weight excluding hydrogens is 340 g/mol. The Bertz CT molecular complexity index is 743. The Morgan fingerprint density at radius 1 is 1.32 bits per heavy atom. The van der Waals surface area contributed by atoms with Gasteiger partial charge in [-0.3, -0.25) is 4.90 Å². The van der Waals surface area contributed by atoms with Crippen LogP contribution in [0.1, 0.15) is 18.4 Å². The first kappa shape index (κ1) is 16.1. The number of benzene rings is 1. The van der Waals surface area contributed by atoms with Gasteiger partial charge in [0, 0.05) is 0 Å². The number of carbonyl (C=O) groups excluding carboxylic acids is 1. The average molecular weight is 359 g/mol. The molecule has 130 valence electrons. The lowest BCUT2D eigenvalue weighted by Gasteiger charge is -2.28. The Labute approximate surface area is 151 Å². The molecule has 2 fully saturated rings. The zero-order valence-electron chi connectivity index (χ0n) is 13.6. The number of halogens is 1. The lowest BCUT2D eigenvalue weighted by atomic mass is 10.1. The molecule has 4 rings (SSSR count). The van der Waals surface area contributed by atoms with Gasteiger partial charge in [0.15, 0.2) is 0 Å². The van der Waals surface area contributed by atoms with Crippen molar-refractivity contribution in [2.24, 2.45) is 15.9 Å². The lowest BCUT2D eigenvalue weighted by molar-refractivity contribution is 0.147. The zero-order valence-corrected chi connectivity index (χ0v) is 14.4. The maximum absolute atomic E-state index is 12.2. The first-order valence-corrected chi connectivity index (χ1v) is 8.81. The number of nitrogens with one attached hydrogen (secondary N) is 1. The van der Waals surface area contributed by atoms with E-state index in [0.29, 0.717) is 30.2 Å². The normalized spacial score (nSPS) is 27.7. The molecule has 2 unspecified atom stereocenters. The van der Waals surface area contributed by atoms with E-state index in [-0.39, 0.29) is 18.3 Å². The van der Waals surface area contributed by atoms with Gasteiger partial charge in [-0.25, -0.2) is 14.8 Å². The predicted molar refractivity (Wildman–Crippen MR) is 96.6 cm³/mol. The van der Waals surface area contributed by atoms with Crippen molar-refractivity contribution in [1.29, 1.82) is 0 Å². The van der Waals surface area contributed by atoms with Crippen molar-refractivity contribution in [3.8, 4) is 0 Å². The van der Waals surface area contributed by atoms with Crippen LogP contribution in [0.5, 0.6) is 0 Å². The van der Waals surface area contributed by atoms with Gasteiger partial charge in [-0.15, -0.1) is 0 Å². The van der Waals surface area contributed by atoms with Crippen molar-refractivity contribution in [3.05, 3.63) is 48.0 Å². The molecule has 0 aromatic heterocycles. The third kappa shape index (κ3) is 3.69. The minimum atomic E-state index is -0.366. The molecule has 2 aliphatic heterocycles. The van der Waals surface area contributed by atoms with Gasteiger partial charge in [-0.05, 0) is 36.5 Å². The molecule has 1 saturated carbocycles. The fourth-order valence-corrected chi connectivity index (χ4v) is 3.28. The molecule has 25 heavy (non-hydrogen) atoms. The molecule has 1 saturated heterocycles. The molecule has 1 N–H and O–H groups in total. The lowest BCUT2D eigenvalue weighted by Crippen LogP contribution is -2.51. The quantitative estimate of drug-likeness (QED) is 0.900. The monoisotopic (exact) mass is 358 g/mol. The fraction of sp³-hybridized carbons (Fsp3) is 0.389. The molecule has 1 aliphatic carbocycles. The smallest absolute Gasteiger partial charge is 0.412 e. The number of rotatable bonds is 4. The molecule has 7 heteroatoms. The number of nitrogens with zero attached hydrogens (tertiary/aromatic N) is 3. The van der Waals surface area contributed by atoms with E-state index >= 15 is 0 Å². The molecule has 0 radical (unpaired) electrons. The SMILES string of the molecule is O=C1OCC(C2CC2)N1C1C=CC(Cl)=NC(=NCc2ccccc2)N1. The van der Waals surface area contributed by atoms with Crippen LogP contribution in [-0.2, 0) is 11.3 Å². The van der Waals surface area contributed by atoms with Crippen molar-refractivity contribution in [2.45, 2.75) is 31.6 Å². The van der Waals surface area contributed by atoms with Crippen LogP contribution in [0.15, 0.2) is 52.5 Å². The van der Waals surface area contributed by atoms with Gasteiger partial charge in [0.1, 0.15) is 17.9 Å². The highest BCUT2D eigenvalue weighted by Gasteiger charge is 2.46. The molecule has 1 amide bonds. The summed E-state index contributed by atoms with van der Waals surface area (Å²) in [7, 11) is 0. The number of carbonyl (C=O) groups is 1. The number of cyclic esters (lactones) is 1. The largest absolute Gasteiger partial charge is 0.447 e. The highest BCUT2D eigenvalue weighted by molar-refractivity contribution is 6.69. The molecule has 2 atom stereocenters. The summed E-state index contributed by atoms with van der Waals surface area (Å²) >= 11 is 6.12. The number of allylic oxidation sites excluding steroid dienone is 1. The van der Waals surface area contributed by atoms with Crippen LogP contribution in [0.2, 0.25) is 0 Å². The number of amides is 1. The van der Waals surface area contributed by atoms with Gasteiger partial charge in [-0.1, -0.05) is 41.9 Å². The minimum absolute atomic E-state index is 0.0990. The summed E-state index contributed by atoms with van der Waals surface area (Å²) in [5.74, 6) is 0.934. The fourth-order valence-electron chi connectivity index (χ4n) is 3.13. The Morgan fingerprint density at radius 2 is 2.12 bits per heavy atom. The maximum Gasteiger partial charge on any atom is 0.412 e. The summed E-state index contributed by atoms with van der Waals surface area (Å²) in [5, 5.41) is 3.55. The van der Waals surface area contributed by atoms with E-state index in [9.17, 15) is 4.79 Å². The second kappa shape index (κ2) is 6.88. The Morgan fingerprint density at radius 3 is 2.88 bits per heavy atom. The second-order valence-electron chi connectivity index (χ2n) is 6.40. The van der Waals surface area contributed by atoms with Crippen LogP contribution >= 0.6 is 11.6 Å². The first-order chi connectivity index (χ1) is 12.2. The number of guanidine groups is 1. The maximum atomic E-state index is 12.2. The highest BCUT2D eigenvalue weighted by atomic mass is 35.5. The van der Waals surface area contributed by atoms with E-state index in [1.807, 2.05) is 36.4 Å². The summed E-state index contributed by atoms with van der Waals surface area (Å²) < 4.78 is 5.27. The van der Waals surface area contributed by atoms with E-state index in [1.165, 1.54) is 0 Å². The molecule has 0 spiro atoms. The first-order valence-electron chi connectivity index (χ1n) is 8.43. The summed E-state index contributed by atoms with van der Waals surface area (Å²) in [4.78, 5) is 22.8. The van der Waals surface area contributed by atoms with Crippen LogP contribution < -0.4 is 5.32 Å². The van der Waals surface area contributed by atoms with Gasteiger partial charge >= 0.3 is 6.09 Å². The molecule has 0 bridgehead atoms. The third-order valence-electron chi connectivity index (χ3n) is 4.57. The average Bonchev–Trinajstić information content (AvgIpc) is 3.41. The minimum Gasteiger partial charge on any atom is -0.447 e. The molecule has 2 heterocycles. The van der Waals surface area contributed by atoms with Crippen LogP contribution in [0.4, 0.5) is 4.79 Å². The summed E-state index contributed by atoms with van der Waals surface area (Å²) in [6.45, 7) is 0.931. The van der Waals surface area contributed by atoms with Crippen LogP contribution in [0.3, 0.4) is 0 Å². The van der Waals surface area contributed by atoms with Crippen molar-refractivity contribution in [2.75, 3.05) is 6.61 Å². The highest BCUT2D eigenvalue weighted by Crippen LogP contribution is 2.38. The van der Waals surface area contributed by atoms with Gasteiger partial charge in [0.2, 0.25) is 5.96 Å². The van der Waals surface area contributed by atoms with Gasteiger partial charge < -0.3 is 10.1 Å². The van der Waals surface area contributed by atoms with E-state index in [2.05, 4.69) is 15.3 Å². The van der Waals surface area contributed by atoms with Gasteiger partial charge in [-0.2, -0.15) is 0 Å². The summed E-state index contributed by atoms with van der Waals surface area (Å²) in [6.07, 6.45) is 5.13. The number of ether oxygens (including phenoxy) is 1.